The number of rotatable bonds is 14. The van der Waals surface area contributed by atoms with Crippen molar-refractivity contribution in [3.05, 3.63) is 119 Å². The first-order chi connectivity index (χ1) is 23.7. The predicted molar refractivity (Wildman–Crippen MR) is 191 cm³/mol. The van der Waals surface area contributed by atoms with Gasteiger partial charge in [0.05, 0.1) is 24.8 Å². The molecule has 258 valence electrons. The molecule has 0 radical (unpaired) electrons. The van der Waals surface area contributed by atoms with E-state index in [-0.39, 0.29) is 41.2 Å². The van der Waals surface area contributed by atoms with Crippen LogP contribution in [0, 0.1) is 0 Å². The summed E-state index contributed by atoms with van der Waals surface area (Å²) in [5.74, 6) is -0.266. The zero-order chi connectivity index (χ0) is 34.8. The third-order valence-electron chi connectivity index (χ3n) is 8.73. The minimum Gasteiger partial charge on any atom is -0.497 e. The molecule has 1 aliphatic carbocycles. The Morgan fingerprint density at radius 3 is 2.16 bits per heavy atom. The molecule has 4 aromatic carbocycles. The second-order valence-electron chi connectivity index (χ2n) is 12.1. The molecule has 0 spiro atoms. The fourth-order valence-electron chi connectivity index (χ4n) is 6.15. The molecule has 0 aromatic heterocycles. The predicted octanol–water partition coefficient (Wildman–Crippen LogP) is 6.64. The van der Waals surface area contributed by atoms with Crippen molar-refractivity contribution in [1.29, 1.82) is 0 Å². The number of nitrogens with zero attached hydrogens (tertiary/aromatic N) is 2. The van der Waals surface area contributed by atoms with Gasteiger partial charge in [0, 0.05) is 30.1 Å². The molecule has 49 heavy (non-hydrogen) atoms. The Morgan fingerprint density at radius 2 is 1.51 bits per heavy atom. The van der Waals surface area contributed by atoms with Crippen LogP contribution in [0.5, 0.6) is 11.5 Å². The van der Waals surface area contributed by atoms with Crippen molar-refractivity contribution in [2.45, 2.75) is 62.0 Å². The fourth-order valence-corrected chi connectivity index (χ4v) is 7.81. The first-order valence-corrected chi connectivity index (χ1v) is 18.2. The van der Waals surface area contributed by atoms with Crippen LogP contribution in [0.1, 0.15) is 43.2 Å². The quantitative estimate of drug-likeness (QED) is 0.158. The highest BCUT2D eigenvalue weighted by atomic mass is 35.5. The maximum atomic E-state index is 14.8. The molecule has 0 aliphatic heterocycles. The number of carbonyl (C=O) groups excluding carboxylic acids is 2. The van der Waals surface area contributed by atoms with Crippen molar-refractivity contribution >= 4 is 39.1 Å². The van der Waals surface area contributed by atoms with Gasteiger partial charge in [-0.1, -0.05) is 91.5 Å². The van der Waals surface area contributed by atoms with Crippen molar-refractivity contribution in [2.75, 3.05) is 25.1 Å². The molecule has 0 unspecified atom stereocenters. The minimum atomic E-state index is -4.32. The lowest BCUT2D eigenvalue weighted by Crippen LogP contribution is -2.55. The van der Waals surface area contributed by atoms with E-state index in [1.807, 2.05) is 36.4 Å². The number of hydrogen-bond donors (Lipinski definition) is 1. The summed E-state index contributed by atoms with van der Waals surface area (Å²) >= 11 is 6.37. The Balaban J connectivity index is 1.61. The number of benzene rings is 4. The normalized spacial score (nSPS) is 14.0. The summed E-state index contributed by atoms with van der Waals surface area (Å²) in [5, 5.41) is 3.70. The van der Waals surface area contributed by atoms with E-state index in [0.29, 0.717) is 16.3 Å². The third kappa shape index (κ3) is 9.13. The number of methoxy groups -OCH3 is 2. The number of halogens is 1. The van der Waals surface area contributed by atoms with E-state index in [9.17, 15) is 18.0 Å². The molecule has 9 nitrogen and oxygen atoms in total. The average Bonchev–Trinajstić information content (AvgIpc) is 3.12. The zero-order valence-corrected chi connectivity index (χ0v) is 29.3. The van der Waals surface area contributed by atoms with Crippen LogP contribution in [0.4, 0.5) is 5.69 Å². The first-order valence-electron chi connectivity index (χ1n) is 16.4. The summed E-state index contributed by atoms with van der Waals surface area (Å²) in [6.07, 6.45) is 5.12. The third-order valence-corrected chi connectivity index (χ3v) is 10.7. The molecule has 1 atom stereocenters. The molecule has 0 bridgehead atoms. The molecule has 1 N–H and O–H groups in total. The van der Waals surface area contributed by atoms with E-state index in [2.05, 4.69) is 5.32 Å². The van der Waals surface area contributed by atoms with Crippen LogP contribution in [0.25, 0.3) is 0 Å². The molecule has 0 heterocycles. The Hall–Kier alpha value is -4.54. The molecule has 1 saturated carbocycles. The van der Waals surface area contributed by atoms with E-state index < -0.39 is 28.5 Å². The SMILES string of the molecule is COc1ccc(OC)c(N(CC(=O)N(Cc2cccc(Cl)c2)[C@@H](Cc2ccccc2)C(=O)NC2CCCCC2)S(=O)(=O)c2ccccc2)c1. The number of carbonyl (C=O) groups is 2. The lowest BCUT2D eigenvalue weighted by atomic mass is 9.94. The summed E-state index contributed by atoms with van der Waals surface area (Å²) in [4.78, 5) is 30.5. The monoisotopic (exact) mass is 703 g/mol. The molecule has 1 aliphatic rings. The van der Waals surface area contributed by atoms with Crippen molar-refractivity contribution in [3.63, 3.8) is 0 Å². The molecule has 1 fully saturated rings. The van der Waals surface area contributed by atoms with E-state index in [1.165, 1.54) is 37.3 Å². The zero-order valence-electron chi connectivity index (χ0n) is 27.8. The molecule has 0 saturated heterocycles. The number of sulfonamides is 1. The Labute approximate surface area is 293 Å². The van der Waals surface area contributed by atoms with Gasteiger partial charge in [0.25, 0.3) is 10.0 Å². The van der Waals surface area contributed by atoms with E-state index >= 15 is 0 Å². The van der Waals surface area contributed by atoms with Gasteiger partial charge in [-0.25, -0.2) is 8.42 Å². The number of amides is 2. The summed E-state index contributed by atoms with van der Waals surface area (Å²) in [6.45, 7) is -0.604. The second kappa shape index (κ2) is 16.7. The van der Waals surface area contributed by atoms with E-state index in [1.54, 1.807) is 48.5 Å². The number of hydrogen-bond acceptors (Lipinski definition) is 6. The molecule has 5 rings (SSSR count). The molecule has 2 amide bonds. The number of anilines is 1. The second-order valence-corrected chi connectivity index (χ2v) is 14.4. The average molecular weight is 704 g/mol. The Morgan fingerprint density at radius 1 is 0.837 bits per heavy atom. The van der Waals surface area contributed by atoms with Crippen LogP contribution < -0.4 is 19.1 Å². The van der Waals surface area contributed by atoms with Crippen LogP contribution in [0.15, 0.2) is 108 Å². The van der Waals surface area contributed by atoms with Gasteiger partial charge in [-0.2, -0.15) is 0 Å². The maximum absolute atomic E-state index is 14.8. The highest BCUT2D eigenvalue weighted by Gasteiger charge is 2.36. The van der Waals surface area contributed by atoms with Gasteiger partial charge in [-0.3, -0.25) is 13.9 Å². The summed E-state index contributed by atoms with van der Waals surface area (Å²) in [7, 11) is -1.42. The molecular formula is C38H42ClN3O6S. The summed E-state index contributed by atoms with van der Waals surface area (Å²) in [5.41, 5.74) is 1.67. The highest BCUT2D eigenvalue weighted by molar-refractivity contribution is 7.92. The van der Waals surface area contributed by atoms with Crippen molar-refractivity contribution in [1.82, 2.24) is 10.2 Å². The van der Waals surface area contributed by atoms with Gasteiger partial charge in [0.15, 0.2) is 0 Å². The van der Waals surface area contributed by atoms with Gasteiger partial charge in [0.2, 0.25) is 11.8 Å². The van der Waals surface area contributed by atoms with Gasteiger partial charge < -0.3 is 19.7 Å². The van der Waals surface area contributed by atoms with Crippen LogP contribution in [-0.2, 0) is 32.6 Å². The number of nitrogens with one attached hydrogen (secondary N) is 1. The largest absolute Gasteiger partial charge is 0.497 e. The smallest absolute Gasteiger partial charge is 0.264 e. The van der Waals surface area contributed by atoms with E-state index in [4.69, 9.17) is 21.1 Å². The van der Waals surface area contributed by atoms with Gasteiger partial charge in [0.1, 0.15) is 24.1 Å². The van der Waals surface area contributed by atoms with Crippen LogP contribution in [0.2, 0.25) is 5.02 Å². The van der Waals surface area contributed by atoms with Crippen molar-refractivity contribution in [2.24, 2.45) is 0 Å². The Bertz CT molecular complexity index is 1820. The van der Waals surface area contributed by atoms with Gasteiger partial charge >= 0.3 is 0 Å². The number of ether oxygens (including phenoxy) is 2. The Kier molecular flexibility index (Phi) is 12.2. The van der Waals surface area contributed by atoms with E-state index in [0.717, 1.165) is 42.0 Å². The molecular weight excluding hydrogens is 662 g/mol. The summed E-state index contributed by atoms with van der Waals surface area (Å²) < 4.78 is 40.8. The summed E-state index contributed by atoms with van der Waals surface area (Å²) in [6, 6.07) is 28.3. The van der Waals surface area contributed by atoms with Crippen molar-refractivity contribution in [3.8, 4) is 11.5 Å². The van der Waals surface area contributed by atoms with Crippen LogP contribution in [-0.4, -0.2) is 58.0 Å². The minimum absolute atomic E-state index is 0.00125. The fraction of sp³-hybridized carbons (Fsp3) is 0.316. The topological polar surface area (TPSA) is 105 Å². The molecule has 11 heteroatoms. The highest BCUT2D eigenvalue weighted by Crippen LogP contribution is 2.36. The van der Waals surface area contributed by atoms with Crippen LogP contribution >= 0.6 is 11.6 Å². The lowest BCUT2D eigenvalue weighted by Gasteiger charge is -2.35. The van der Waals surface area contributed by atoms with Gasteiger partial charge in [-0.05, 0) is 60.4 Å². The van der Waals surface area contributed by atoms with Gasteiger partial charge in [-0.15, -0.1) is 0 Å². The standard InChI is InChI=1S/C38H42ClN3O6S/c1-47-32-21-22-36(48-2)34(25-32)42(49(45,46)33-19-10-5-11-20-33)27-37(43)41(26-29-15-12-16-30(39)23-29)35(24-28-13-6-3-7-14-28)38(44)40-31-17-8-4-9-18-31/h3,5-7,10-16,19-23,25,31,35H,4,8-9,17-18,24,26-27H2,1-2H3,(H,40,44)/t35-/m0/s1. The lowest BCUT2D eigenvalue weighted by molar-refractivity contribution is -0.140. The van der Waals surface area contributed by atoms with Crippen molar-refractivity contribution < 1.29 is 27.5 Å². The van der Waals surface area contributed by atoms with Crippen LogP contribution in [0.3, 0.4) is 0 Å². The maximum Gasteiger partial charge on any atom is 0.264 e. The molecule has 4 aromatic rings. The first kappa shape index (κ1) is 35.8.